The van der Waals surface area contributed by atoms with Gasteiger partial charge in [-0.05, 0) is 36.5 Å². The Labute approximate surface area is 115 Å². The van der Waals surface area contributed by atoms with Crippen molar-refractivity contribution < 1.29 is 13.5 Å². The Bertz CT molecular complexity index is 476. The van der Waals surface area contributed by atoms with Crippen LogP contribution in [0, 0.1) is 5.92 Å². The summed E-state index contributed by atoms with van der Waals surface area (Å²) in [6.07, 6.45) is 1.49. The minimum absolute atomic E-state index is 0.193. The van der Waals surface area contributed by atoms with Crippen LogP contribution in [-0.4, -0.2) is 26.2 Å². The SMILES string of the molecule is CC[C@@H](CO)NS(=O)(=O)c1ccc(CC(C)C)cc1. The summed E-state index contributed by atoms with van der Waals surface area (Å²) in [6.45, 7) is 5.88. The van der Waals surface area contributed by atoms with Crippen LogP contribution in [-0.2, 0) is 16.4 Å². The molecular formula is C14H23NO3S. The Balaban J connectivity index is 2.84. The molecule has 0 aliphatic heterocycles. The average molecular weight is 285 g/mol. The maximum absolute atomic E-state index is 12.1. The van der Waals surface area contributed by atoms with Crippen LogP contribution in [0.1, 0.15) is 32.8 Å². The van der Waals surface area contributed by atoms with E-state index in [-0.39, 0.29) is 11.5 Å². The molecule has 0 unspecified atom stereocenters. The Morgan fingerprint density at radius 2 is 1.79 bits per heavy atom. The Kier molecular flexibility index (Phi) is 5.97. The predicted molar refractivity (Wildman–Crippen MR) is 76.5 cm³/mol. The van der Waals surface area contributed by atoms with Crippen LogP contribution >= 0.6 is 0 Å². The van der Waals surface area contributed by atoms with Gasteiger partial charge in [-0.25, -0.2) is 13.1 Å². The summed E-state index contributed by atoms with van der Waals surface area (Å²) in [4.78, 5) is 0.243. The number of hydrogen-bond donors (Lipinski definition) is 2. The summed E-state index contributed by atoms with van der Waals surface area (Å²) in [5.74, 6) is 0.541. The quantitative estimate of drug-likeness (QED) is 0.804. The van der Waals surface area contributed by atoms with Gasteiger partial charge in [0.2, 0.25) is 10.0 Å². The molecular weight excluding hydrogens is 262 g/mol. The highest BCUT2D eigenvalue weighted by Crippen LogP contribution is 2.14. The normalized spacial score (nSPS) is 13.7. The molecule has 1 atom stereocenters. The molecule has 0 aromatic heterocycles. The maximum atomic E-state index is 12.1. The van der Waals surface area contributed by atoms with Gasteiger partial charge in [0.25, 0.3) is 0 Å². The molecule has 0 saturated heterocycles. The van der Waals surface area contributed by atoms with Gasteiger partial charge in [-0.1, -0.05) is 32.9 Å². The van der Waals surface area contributed by atoms with Gasteiger partial charge in [-0.15, -0.1) is 0 Å². The molecule has 0 heterocycles. The molecule has 0 bridgehead atoms. The lowest BCUT2D eigenvalue weighted by Gasteiger charge is -2.14. The van der Waals surface area contributed by atoms with E-state index in [4.69, 9.17) is 5.11 Å². The zero-order chi connectivity index (χ0) is 14.5. The van der Waals surface area contributed by atoms with E-state index in [1.807, 2.05) is 19.1 Å². The topological polar surface area (TPSA) is 66.4 Å². The molecule has 1 aromatic carbocycles. The molecule has 0 spiro atoms. The smallest absolute Gasteiger partial charge is 0.240 e. The fourth-order valence-corrected chi connectivity index (χ4v) is 3.12. The van der Waals surface area contributed by atoms with E-state index in [0.717, 1.165) is 12.0 Å². The highest BCUT2D eigenvalue weighted by molar-refractivity contribution is 7.89. The first-order chi connectivity index (χ1) is 8.89. The van der Waals surface area contributed by atoms with Crippen LogP contribution in [0.3, 0.4) is 0 Å². The highest BCUT2D eigenvalue weighted by Gasteiger charge is 2.18. The van der Waals surface area contributed by atoms with Gasteiger partial charge in [-0.2, -0.15) is 0 Å². The fraction of sp³-hybridized carbons (Fsp3) is 0.571. The van der Waals surface area contributed by atoms with Gasteiger partial charge in [0.05, 0.1) is 11.5 Å². The van der Waals surface area contributed by atoms with Crippen LogP contribution in [0.5, 0.6) is 0 Å². The summed E-state index contributed by atoms with van der Waals surface area (Å²) in [6, 6.07) is 6.48. The first-order valence-corrected chi connectivity index (χ1v) is 8.09. The van der Waals surface area contributed by atoms with Crippen LogP contribution in [0.15, 0.2) is 29.2 Å². The standard InChI is InChI=1S/C14H23NO3S/c1-4-13(10-16)15-19(17,18)14-7-5-12(6-8-14)9-11(2)3/h5-8,11,13,15-16H,4,9-10H2,1-3H3/t13-/m0/s1. The molecule has 0 saturated carbocycles. The zero-order valence-corrected chi connectivity index (χ0v) is 12.6. The van der Waals surface area contributed by atoms with E-state index in [1.54, 1.807) is 12.1 Å². The highest BCUT2D eigenvalue weighted by atomic mass is 32.2. The van der Waals surface area contributed by atoms with Crippen molar-refractivity contribution in [2.75, 3.05) is 6.61 Å². The molecule has 0 radical (unpaired) electrons. The zero-order valence-electron chi connectivity index (χ0n) is 11.8. The third kappa shape index (κ3) is 4.93. The second kappa shape index (κ2) is 7.03. The second-order valence-electron chi connectivity index (χ2n) is 5.15. The van der Waals surface area contributed by atoms with Crippen molar-refractivity contribution in [1.29, 1.82) is 0 Å². The van der Waals surface area contributed by atoms with E-state index in [9.17, 15) is 8.42 Å². The van der Waals surface area contributed by atoms with Crippen molar-refractivity contribution in [3.8, 4) is 0 Å². The number of hydrogen-bond acceptors (Lipinski definition) is 3. The fourth-order valence-electron chi connectivity index (χ4n) is 1.81. The second-order valence-corrected chi connectivity index (χ2v) is 6.86. The van der Waals surface area contributed by atoms with Crippen LogP contribution in [0.4, 0.5) is 0 Å². The molecule has 19 heavy (non-hydrogen) atoms. The lowest BCUT2D eigenvalue weighted by atomic mass is 10.0. The molecule has 0 fully saturated rings. The molecule has 5 heteroatoms. The van der Waals surface area contributed by atoms with Gasteiger partial charge in [0.15, 0.2) is 0 Å². The van der Waals surface area contributed by atoms with Crippen LogP contribution in [0.2, 0.25) is 0 Å². The number of sulfonamides is 1. The molecule has 4 nitrogen and oxygen atoms in total. The monoisotopic (exact) mass is 285 g/mol. The minimum atomic E-state index is -3.54. The molecule has 0 aliphatic carbocycles. The van der Waals surface area contributed by atoms with Gasteiger partial charge in [0.1, 0.15) is 0 Å². The van der Waals surface area contributed by atoms with Crippen molar-refractivity contribution >= 4 is 10.0 Å². The van der Waals surface area contributed by atoms with Crippen molar-refractivity contribution in [2.45, 2.75) is 44.6 Å². The van der Waals surface area contributed by atoms with Gasteiger partial charge < -0.3 is 5.11 Å². The van der Waals surface area contributed by atoms with Crippen LogP contribution in [0.25, 0.3) is 0 Å². The number of rotatable bonds is 7. The first-order valence-electron chi connectivity index (χ1n) is 6.61. The first kappa shape index (κ1) is 16.1. The van der Waals surface area contributed by atoms with Gasteiger partial charge in [0, 0.05) is 6.04 Å². The lowest BCUT2D eigenvalue weighted by Crippen LogP contribution is -2.36. The lowest BCUT2D eigenvalue weighted by molar-refractivity contribution is 0.254. The van der Waals surface area contributed by atoms with E-state index in [0.29, 0.717) is 12.3 Å². The van der Waals surface area contributed by atoms with Gasteiger partial charge >= 0.3 is 0 Å². The largest absolute Gasteiger partial charge is 0.395 e. The summed E-state index contributed by atoms with van der Waals surface area (Å²) in [5.41, 5.74) is 1.13. The summed E-state index contributed by atoms with van der Waals surface area (Å²) < 4.78 is 26.6. The Morgan fingerprint density at radius 1 is 1.21 bits per heavy atom. The number of benzene rings is 1. The molecule has 2 N–H and O–H groups in total. The molecule has 1 rings (SSSR count). The Morgan fingerprint density at radius 3 is 2.21 bits per heavy atom. The van der Waals surface area contributed by atoms with Crippen molar-refractivity contribution in [3.05, 3.63) is 29.8 Å². The molecule has 0 aliphatic rings. The van der Waals surface area contributed by atoms with Crippen molar-refractivity contribution in [2.24, 2.45) is 5.92 Å². The molecule has 0 amide bonds. The number of nitrogens with one attached hydrogen (secondary N) is 1. The maximum Gasteiger partial charge on any atom is 0.240 e. The summed E-state index contributed by atoms with van der Waals surface area (Å²) in [5, 5.41) is 9.05. The van der Waals surface area contributed by atoms with E-state index < -0.39 is 16.1 Å². The molecule has 1 aromatic rings. The van der Waals surface area contributed by atoms with E-state index in [1.165, 1.54) is 0 Å². The Hall–Kier alpha value is -0.910. The number of aliphatic hydroxyl groups is 1. The van der Waals surface area contributed by atoms with E-state index in [2.05, 4.69) is 18.6 Å². The average Bonchev–Trinajstić information content (AvgIpc) is 2.36. The minimum Gasteiger partial charge on any atom is -0.395 e. The third-order valence-corrected chi connectivity index (χ3v) is 4.45. The molecule has 108 valence electrons. The van der Waals surface area contributed by atoms with Gasteiger partial charge in [-0.3, -0.25) is 0 Å². The number of aliphatic hydroxyl groups excluding tert-OH is 1. The van der Waals surface area contributed by atoms with Crippen molar-refractivity contribution in [3.63, 3.8) is 0 Å². The third-order valence-electron chi connectivity index (χ3n) is 2.91. The summed E-state index contributed by atoms with van der Waals surface area (Å²) >= 11 is 0. The summed E-state index contributed by atoms with van der Waals surface area (Å²) in [7, 11) is -3.54. The van der Waals surface area contributed by atoms with Crippen molar-refractivity contribution in [1.82, 2.24) is 4.72 Å². The van der Waals surface area contributed by atoms with E-state index >= 15 is 0 Å². The van der Waals surface area contributed by atoms with Crippen LogP contribution < -0.4 is 4.72 Å². The predicted octanol–water partition coefficient (Wildman–Crippen LogP) is 1.93.